The lowest BCUT2D eigenvalue weighted by atomic mass is 10.4. The van der Waals surface area contributed by atoms with E-state index in [1.54, 1.807) is 7.11 Å². The molecule has 0 fully saturated rings. The molecular weight excluding hydrogens is 228 g/mol. The van der Waals surface area contributed by atoms with E-state index in [0.717, 1.165) is 12.1 Å². The summed E-state index contributed by atoms with van der Waals surface area (Å²) in [6.45, 7) is 2.96. The third-order valence-corrected chi connectivity index (χ3v) is 2.63. The summed E-state index contributed by atoms with van der Waals surface area (Å²) in [6.07, 6.45) is 0.872. The average molecular weight is 244 g/mol. The number of carbonyl (C=O) groups excluding carboxylic acids is 1. The van der Waals surface area contributed by atoms with Gasteiger partial charge in [-0.3, -0.25) is 10.1 Å². The molecule has 0 unspecified atom stereocenters. The number of ether oxygens (including phenoxy) is 2. The van der Waals surface area contributed by atoms with E-state index in [9.17, 15) is 4.79 Å². The zero-order valence-corrected chi connectivity index (χ0v) is 10.3. The number of carbonyl (C=O) groups is 1. The van der Waals surface area contributed by atoms with E-state index in [2.05, 4.69) is 10.3 Å². The maximum Gasteiger partial charge on any atom is 0.252 e. The Bertz CT molecular complexity index is 328. The molecule has 0 spiro atoms. The summed E-state index contributed by atoms with van der Waals surface area (Å²) in [4.78, 5) is 15.6. The normalized spacial score (nSPS) is 10.4. The van der Waals surface area contributed by atoms with Crippen molar-refractivity contribution in [2.24, 2.45) is 0 Å². The molecule has 0 bridgehead atoms. The minimum Gasteiger partial charge on any atom is -0.382 e. The number of rotatable bonds is 7. The van der Waals surface area contributed by atoms with E-state index in [4.69, 9.17) is 9.47 Å². The fourth-order valence-electron chi connectivity index (χ4n) is 0.989. The molecule has 0 saturated carbocycles. The van der Waals surface area contributed by atoms with E-state index in [1.165, 1.54) is 11.3 Å². The highest BCUT2D eigenvalue weighted by molar-refractivity contribution is 7.13. The monoisotopic (exact) mass is 244 g/mol. The second-order valence-corrected chi connectivity index (χ2v) is 3.95. The predicted molar refractivity (Wildman–Crippen MR) is 62.8 cm³/mol. The van der Waals surface area contributed by atoms with E-state index in [0.29, 0.717) is 18.3 Å². The Morgan fingerprint density at radius 3 is 3.00 bits per heavy atom. The summed E-state index contributed by atoms with van der Waals surface area (Å²) in [6, 6.07) is 0. The maximum atomic E-state index is 11.4. The van der Waals surface area contributed by atoms with Gasteiger partial charge in [-0.15, -0.1) is 11.3 Å². The van der Waals surface area contributed by atoms with E-state index in [1.807, 2.05) is 12.3 Å². The molecule has 1 aromatic rings. The molecule has 0 aliphatic rings. The van der Waals surface area contributed by atoms with Gasteiger partial charge in [-0.25, -0.2) is 4.98 Å². The number of hydrogen-bond donors (Lipinski definition) is 1. The van der Waals surface area contributed by atoms with Crippen LogP contribution in [0.25, 0.3) is 0 Å². The van der Waals surface area contributed by atoms with E-state index < -0.39 is 0 Å². The molecule has 0 aromatic carbocycles. The van der Waals surface area contributed by atoms with Crippen LogP contribution in [0.1, 0.15) is 12.6 Å². The van der Waals surface area contributed by atoms with Gasteiger partial charge >= 0.3 is 0 Å². The lowest BCUT2D eigenvalue weighted by molar-refractivity contribution is -0.121. The number of nitrogens with one attached hydrogen (secondary N) is 1. The number of anilines is 1. The van der Waals surface area contributed by atoms with Crippen LogP contribution in [0.4, 0.5) is 5.13 Å². The average Bonchev–Trinajstić information content (AvgIpc) is 2.72. The molecule has 1 N–H and O–H groups in total. The molecule has 1 rings (SSSR count). The van der Waals surface area contributed by atoms with Crippen LogP contribution in [-0.2, 0) is 20.7 Å². The summed E-state index contributed by atoms with van der Waals surface area (Å²) in [5.74, 6) is -0.187. The van der Waals surface area contributed by atoms with Crippen molar-refractivity contribution in [3.63, 3.8) is 0 Å². The van der Waals surface area contributed by atoms with Crippen LogP contribution < -0.4 is 5.32 Å². The first kappa shape index (κ1) is 13.1. The minimum atomic E-state index is -0.187. The molecule has 6 heteroatoms. The second-order valence-electron chi connectivity index (χ2n) is 3.09. The number of aryl methyl sites for hydroxylation is 1. The van der Waals surface area contributed by atoms with Crippen LogP contribution in [0, 0.1) is 0 Å². The number of methoxy groups -OCH3 is 1. The van der Waals surface area contributed by atoms with Crippen molar-refractivity contribution < 1.29 is 14.3 Å². The molecular formula is C10H16N2O3S. The van der Waals surface area contributed by atoms with Gasteiger partial charge in [0.05, 0.1) is 18.9 Å². The number of hydrogen-bond acceptors (Lipinski definition) is 5. The van der Waals surface area contributed by atoms with Crippen molar-refractivity contribution in [1.82, 2.24) is 4.98 Å². The molecule has 0 atom stereocenters. The first-order valence-corrected chi connectivity index (χ1v) is 5.95. The summed E-state index contributed by atoms with van der Waals surface area (Å²) < 4.78 is 9.87. The first-order chi connectivity index (χ1) is 7.76. The van der Waals surface area contributed by atoms with Gasteiger partial charge < -0.3 is 9.47 Å². The van der Waals surface area contributed by atoms with Crippen molar-refractivity contribution in [2.75, 3.05) is 32.2 Å². The lowest BCUT2D eigenvalue weighted by Crippen LogP contribution is -2.19. The Labute approximate surface area is 98.8 Å². The Kier molecular flexibility index (Phi) is 5.99. The van der Waals surface area contributed by atoms with E-state index in [-0.39, 0.29) is 12.5 Å². The van der Waals surface area contributed by atoms with Gasteiger partial charge in [0.1, 0.15) is 6.61 Å². The van der Waals surface area contributed by atoms with Gasteiger partial charge in [-0.05, 0) is 6.42 Å². The number of nitrogens with zero attached hydrogens (tertiary/aromatic N) is 1. The topological polar surface area (TPSA) is 60.5 Å². The number of thiazole rings is 1. The van der Waals surface area contributed by atoms with Crippen LogP contribution in [0.5, 0.6) is 0 Å². The molecule has 5 nitrogen and oxygen atoms in total. The predicted octanol–water partition coefficient (Wildman–Crippen LogP) is 1.31. The van der Waals surface area contributed by atoms with Crippen LogP contribution in [0.3, 0.4) is 0 Å². The zero-order chi connectivity index (χ0) is 11.8. The Morgan fingerprint density at radius 1 is 1.56 bits per heavy atom. The van der Waals surface area contributed by atoms with E-state index >= 15 is 0 Å². The maximum absolute atomic E-state index is 11.4. The van der Waals surface area contributed by atoms with Crippen LogP contribution in [0.2, 0.25) is 0 Å². The molecule has 0 radical (unpaired) electrons. The van der Waals surface area contributed by atoms with Gasteiger partial charge in [0.15, 0.2) is 5.13 Å². The summed E-state index contributed by atoms with van der Waals surface area (Å²) in [7, 11) is 1.59. The molecule has 0 aliphatic heterocycles. The molecule has 90 valence electrons. The fraction of sp³-hybridized carbons (Fsp3) is 0.600. The third-order valence-electron chi connectivity index (χ3n) is 1.83. The summed E-state index contributed by atoms with van der Waals surface area (Å²) >= 11 is 1.42. The quantitative estimate of drug-likeness (QED) is 0.735. The molecule has 0 aliphatic carbocycles. The van der Waals surface area contributed by atoms with Crippen molar-refractivity contribution in [3.05, 3.63) is 11.1 Å². The Balaban J connectivity index is 2.23. The van der Waals surface area contributed by atoms with Gasteiger partial charge in [0.25, 0.3) is 5.91 Å². The smallest absolute Gasteiger partial charge is 0.252 e. The Hall–Kier alpha value is -0.980. The standard InChI is InChI=1S/C10H16N2O3S/c1-3-8-7-16-10(11-8)12-9(13)6-15-5-4-14-2/h7H,3-6H2,1-2H3,(H,11,12,13). The highest BCUT2D eigenvalue weighted by atomic mass is 32.1. The molecule has 16 heavy (non-hydrogen) atoms. The molecule has 1 aromatic heterocycles. The van der Waals surface area contributed by atoms with Gasteiger partial charge in [-0.2, -0.15) is 0 Å². The van der Waals surface area contributed by atoms with Crippen molar-refractivity contribution in [2.45, 2.75) is 13.3 Å². The second kappa shape index (κ2) is 7.32. The van der Waals surface area contributed by atoms with Crippen LogP contribution in [-0.4, -0.2) is 37.8 Å². The highest BCUT2D eigenvalue weighted by Gasteiger charge is 2.05. The van der Waals surface area contributed by atoms with Crippen LogP contribution >= 0.6 is 11.3 Å². The van der Waals surface area contributed by atoms with Crippen molar-refractivity contribution >= 4 is 22.4 Å². The van der Waals surface area contributed by atoms with Gasteiger partial charge in [0, 0.05) is 12.5 Å². The number of aromatic nitrogens is 1. The summed E-state index contributed by atoms with van der Waals surface area (Å²) in [5.41, 5.74) is 0.987. The van der Waals surface area contributed by atoms with Crippen molar-refractivity contribution in [1.29, 1.82) is 0 Å². The lowest BCUT2D eigenvalue weighted by Gasteiger charge is -2.03. The first-order valence-electron chi connectivity index (χ1n) is 5.07. The molecule has 0 saturated heterocycles. The fourth-order valence-corrected chi connectivity index (χ4v) is 1.80. The largest absolute Gasteiger partial charge is 0.382 e. The number of amides is 1. The van der Waals surface area contributed by atoms with Crippen molar-refractivity contribution in [3.8, 4) is 0 Å². The zero-order valence-electron chi connectivity index (χ0n) is 9.49. The SMILES string of the molecule is CCc1csc(NC(=O)COCCOC)n1. The minimum absolute atomic E-state index is 0.0321. The highest BCUT2D eigenvalue weighted by Crippen LogP contribution is 2.15. The molecule has 1 amide bonds. The van der Waals surface area contributed by atoms with Crippen LogP contribution in [0.15, 0.2) is 5.38 Å². The third kappa shape index (κ3) is 4.69. The summed E-state index contributed by atoms with van der Waals surface area (Å²) in [5, 5.41) is 5.23. The van der Waals surface area contributed by atoms with Gasteiger partial charge in [-0.1, -0.05) is 6.92 Å². The molecule has 1 heterocycles. The Morgan fingerprint density at radius 2 is 2.38 bits per heavy atom. The van der Waals surface area contributed by atoms with Gasteiger partial charge in [0.2, 0.25) is 0 Å².